The van der Waals surface area contributed by atoms with Gasteiger partial charge in [0.05, 0.1) is 11.5 Å². The number of hydrogen-bond donors (Lipinski definition) is 1. The van der Waals surface area contributed by atoms with E-state index in [9.17, 15) is 18.7 Å². The lowest BCUT2D eigenvalue weighted by molar-refractivity contribution is -0.160. The summed E-state index contributed by atoms with van der Waals surface area (Å²) in [6.07, 6.45) is 2.28. The summed E-state index contributed by atoms with van der Waals surface area (Å²) >= 11 is 0. The number of rotatable bonds is 4. The van der Waals surface area contributed by atoms with Crippen LogP contribution in [-0.2, 0) is 15.1 Å². The fraction of sp³-hybridized carbons (Fsp3) is 0.345. The Morgan fingerprint density at radius 1 is 1.08 bits per heavy atom. The molecule has 3 aromatic rings. The molecule has 3 unspecified atom stereocenters. The molecule has 2 aromatic carbocycles. The number of pyridine rings is 1. The van der Waals surface area contributed by atoms with Crippen LogP contribution in [0.3, 0.4) is 0 Å². The first-order valence-electron chi connectivity index (χ1n) is 12.5. The Morgan fingerprint density at radius 3 is 2.39 bits per heavy atom. The highest BCUT2D eigenvalue weighted by Crippen LogP contribution is 2.35. The average molecular weight is 521 g/mol. The molecule has 2 aliphatic rings. The Morgan fingerprint density at radius 2 is 1.82 bits per heavy atom. The van der Waals surface area contributed by atoms with E-state index in [1.807, 2.05) is 41.3 Å². The van der Waals surface area contributed by atoms with E-state index in [-0.39, 0.29) is 11.8 Å². The number of hydrogen-bond acceptors (Lipinski definition) is 6. The number of nitriles is 1. The van der Waals surface area contributed by atoms with Crippen LogP contribution in [0.15, 0.2) is 72.9 Å². The van der Waals surface area contributed by atoms with Gasteiger partial charge in [0.1, 0.15) is 35.2 Å². The Bertz CT molecular complexity index is 1250. The fourth-order valence-electron chi connectivity index (χ4n) is 4.96. The fourth-order valence-corrected chi connectivity index (χ4v) is 4.96. The number of aromatic nitrogens is 1. The molecule has 9 heteroatoms. The normalized spacial score (nSPS) is 22.8. The number of amides is 1. The molecule has 1 N–H and O–H groups in total. The van der Waals surface area contributed by atoms with Crippen LogP contribution < -0.4 is 4.90 Å². The van der Waals surface area contributed by atoms with E-state index >= 15 is 0 Å². The number of aliphatic hydroxyl groups is 1. The van der Waals surface area contributed by atoms with E-state index in [1.54, 1.807) is 19.4 Å². The first kappa shape index (κ1) is 27.2. The van der Waals surface area contributed by atoms with Gasteiger partial charge in [-0.1, -0.05) is 36.4 Å². The third-order valence-corrected chi connectivity index (χ3v) is 7.08. The minimum absolute atomic E-state index is 0.100. The van der Waals surface area contributed by atoms with Gasteiger partial charge >= 0.3 is 0 Å². The maximum absolute atomic E-state index is 13.2. The molecule has 2 fully saturated rings. The standard InChI is InChI=1S/C23H26N4O3.C6H4F2/c1-30-20-16-27(12-10-23(20,29)19-5-3-2-4-6-19)22(28)18-9-11-26(15-18)21-8-7-17(13-24)14-25-21;7-5-2-1-3-6(8)4-5/h2-8,14,18,20,29H,9-12,15-16H2,1H3;1-4H. The number of likely N-dealkylation sites (tertiary alicyclic amines) is 1. The molecule has 1 aromatic heterocycles. The van der Waals surface area contributed by atoms with E-state index in [0.717, 1.165) is 30.4 Å². The zero-order chi connectivity index (χ0) is 27.1. The molecule has 1 amide bonds. The minimum atomic E-state index is -1.10. The molecule has 0 radical (unpaired) electrons. The number of methoxy groups -OCH3 is 1. The number of anilines is 1. The highest BCUT2D eigenvalue weighted by atomic mass is 19.1. The van der Waals surface area contributed by atoms with E-state index in [4.69, 9.17) is 10.00 Å². The quantitative estimate of drug-likeness (QED) is 0.562. The van der Waals surface area contributed by atoms with Gasteiger partial charge in [-0.25, -0.2) is 13.8 Å². The van der Waals surface area contributed by atoms with Crippen LogP contribution in [0.4, 0.5) is 14.6 Å². The smallest absolute Gasteiger partial charge is 0.227 e. The lowest BCUT2D eigenvalue weighted by atomic mass is 9.81. The molecule has 2 aliphatic heterocycles. The third kappa shape index (κ3) is 6.15. The number of piperidine rings is 1. The van der Waals surface area contributed by atoms with Crippen LogP contribution in [0, 0.1) is 28.9 Å². The molecule has 0 saturated carbocycles. The molecular formula is C29H30F2N4O3. The van der Waals surface area contributed by atoms with Crippen molar-refractivity contribution in [2.45, 2.75) is 24.5 Å². The summed E-state index contributed by atoms with van der Waals surface area (Å²) in [4.78, 5) is 21.4. The summed E-state index contributed by atoms with van der Waals surface area (Å²) in [6.45, 7) is 2.22. The Balaban J connectivity index is 0.000000360. The number of halogens is 2. The van der Waals surface area contributed by atoms with Gasteiger partial charge in [-0.2, -0.15) is 5.26 Å². The van der Waals surface area contributed by atoms with Gasteiger partial charge in [0.25, 0.3) is 0 Å². The van der Waals surface area contributed by atoms with Crippen molar-refractivity contribution >= 4 is 11.7 Å². The number of nitrogens with zero attached hydrogens (tertiary/aromatic N) is 4. The SMILES string of the molecule is COC1CN(C(=O)C2CCN(c3ccc(C#N)cn3)C2)CCC1(O)c1ccccc1.Fc1cccc(F)c1. The van der Waals surface area contributed by atoms with Crippen LogP contribution in [0.2, 0.25) is 0 Å². The molecule has 3 heterocycles. The van der Waals surface area contributed by atoms with Gasteiger partial charge < -0.3 is 19.6 Å². The predicted octanol–water partition coefficient (Wildman–Crippen LogP) is 3.88. The van der Waals surface area contributed by atoms with Crippen molar-refractivity contribution in [2.24, 2.45) is 5.92 Å². The summed E-state index contributed by atoms with van der Waals surface area (Å²) in [7, 11) is 1.58. The van der Waals surface area contributed by atoms with Crippen molar-refractivity contribution in [1.29, 1.82) is 5.26 Å². The molecule has 198 valence electrons. The zero-order valence-corrected chi connectivity index (χ0v) is 21.1. The zero-order valence-electron chi connectivity index (χ0n) is 21.1. The van der Waals surface area contributed by atoms with Crippen molar-refractivity contribution in [3.8, 4) is 6.07 Å². The van der Waals surface area contributed by atoms with Crippen molar-refractivity contribution in [1.82, 2.24) is 9.88 Å². The van der Waals surface area contributed by atoms with Gasteiger partial charge in [-0.3, -0.25) is 4.79 Å². The molecule has 2 saturated heterocycles. The van der Waals surface area contributed by atoms with Gasteiger partial charge in [0.15, 0.2) is 0 Å². The second-order valence-corrected chi connectivity index (χ2v) is 9.44. The van der Waals surface area contributed by atoms with E-state index in [2.05, 4.69) is 16.0 Å². The Hall–Kier alpha value is -3.87. The van der Waals surface area contributed by atoms with Gasteiger partial charge in [0, 0.05) is 52.0 Å². The van der Waals surface area contributed by atoms with Gasteiger partial charge in [0.2, 0.25) is 5.91 Å². The van der Waals surface area contributed by atoms with Gasteiger partial charge in [-0.05, 0) is 36.2 Å². The number of carbonyl (C=O) groups excluding carboxylic acids is 1. The van der Waals surface area contributed by atoms with Crippen LogP contribution in [0.25, 0.3) is 0 Å². The topological polar surface area (TPSA) is 89.7 Å². The molecule has 0 spiro atoms. The van der Waals surface area contributed by atoms with E-state index in [1.165, 1.54) is 18.2 Å². The van der Waals surface area contributed by atoms with Crippen LogP contribution in [-0.4, -0.2) is 60.3 Å². The maximum atomic E-state index is 13.2. The molecule has 7 nitrogen and oxygen atoms in total. The summed E-state index contributed by atoms with van der Waals surface area (Å²) in [5.41, 5.74) is 0.249. The van der Waals surface area contributed by atoms with Gasteiger partial charge in [-0.15, -0.1) is 0 Å². The number of carbonyl (C=O) groups is 1. The van der Waals surface area contributed by atoms with Crippen LogP contribution in [0.1, 0.15) is 24.0 Å². The maximum Gasteiger partial charge on any atom is 0.227 e. The largest absolute Gasteiger partial charge is 0.382 e. The molecule has 3 atom stereocenters. The highest BCUT2D eigenvalue weighted by Gasteiger charge is 2.45. The average Bonchev–Trinajstić information content (AvgIpc) is 3.44. The highest BCUT2D eigenvalue weighted by molar-refractivity contribution is 5.80. The molecule has 5 rings (SSSR count). The second-order valence-electron chi connectivity index (χ2n) is 9.44. The van der Waals surface area contributed by atoms with Crippen molar-refractivity contribution in [2.75, 3.05) is 38.2 Å². The molecule has 0 aliphatic carbocycles. The lowest BCUT2D eigenvalue weighted by Gasteiger charge is -2.44. The van der Waals surface area contributed by atoms with Crippen molar-refractivity contribution in [3.63, 3.8) is 0 Å². The number of ether oxygens (including phenoxy) is 1. The monoisotopic (exact) mass is 520 g/mol. The number of benzene rings is 2. The second kappa shape index (κ2) is 12.1. The van der Waals surface area contributed by atoms with E-state index < -0.39 is 23.3 Å². The third-order valence-electron chi connectivity index (χ3n) is 7.08. The summed E-state index contributed by atoms with van der Waals surface area (Å²) in [6, 6.07) is 19.7. The Labute approximate surface area is 220 Å². The van der Waals surface area contributed by atoms with E-state index in [0.29, 0.717) is 31.6 Å². The first-order chi connectivity index (χ1) is 18.3. The summed E-state index contributed by atoms with van der Waals surface area (Å²) < 4.78 is 29.5. The summed E-state index contributed by atoms with van der Waals surface area (Å²) in [5, 5.41) is 20.2. The molecule has 0 bridgehead atoms. The van der Waals surface area contributed by atoms with Crippen molar-refractivity contribution in [3.05, 3.63) is 95.7 Å². The summed E-state index contributed by atoms with van der Waals surface area (Å²) in [5.74, 6) is -0.294. The van der Waals surface area contributed by atoms with Crippen molar-refractivity contribution < 1.29 is 23.4 Å². The van der Waals surface area contributed by atoms with Crippen LogP contribution in [0.5, 0.6) is 0 Å². The lowest BCUT2D eigenvalue weighted by Crippen LogP contribution is -2.56. The minimum Gasteiger partial charge on any atom is -0.382 e. The van der Waals surface area contributed by atoms with Crippen LogP contribution >= 0.6 is 0 Å². The molecule has 38 heavy (non-hydrogen) atoms. The Kier molecular flexibility index (Phi) is 8.66. The predicted molar refractivity (Wildman–Crippen MR) is 138 cm³/mol. The molecular weight excluding hydrogens is 490 g/mol. The first-order valence-corrected chi connectivity index (χ1v) is 12.5.